The second-order valence-corrected chi connectivity index (χ2v) is 8.58. The normalized spacial score (nSPS) is 14.6. The highest BCUT2D eigenvalue weighted by Gasteiger charge is 2.25. The van der Waals surface area contributed by atoms with E-state index in [-0.39, 0.29) is 18.3 Å². The van der Waals surface area contributed by atoms with Crippen molar-refractivity contribution in [2.24, 2.45) is 5.73 Å². The van der Waals surface area contributed by atoms with Crippen LogP contribution in [0.2, 0.25) is 0 Å². The van der Waals surface area contributed by atoms with Gasteiger partial charge >= 0.3 is 0 Å². The first-order valence-electron chi connectivity index (χ1n) is 10.1. The predicted molar refractivity (Wildman–Crippen MR) is 129 cm³/mol. The van der Waals surface area contributed by atoms with E-state index in [9.17, 15) is 4.79 Å². The van der Waals surface area contributed by atoms with Crippen molar-refractivity contribution in [3.63, 3.8) is 0 Å². The molecule has 2 aromatic carbocycles. The molecule has 3 nitrogen and oxygen atoms in total. The number of rotatable bonds is 5. The summed E-state index contributed by atoms with van der Waals surface area (Å²) in [6, 6.07) is 22.8. The molecule has 2 N–H and O–H groups in total. The van der Waals surface area contributed by atoms with E-state index in [0.717, 1.165) is 41.2 Å². The Bertz CT molecular complexity index is 991. The van der Waals surface area contributed by atoms with Crippen LogP contribution in [0.3, 0.4) is 0 Å². The van der Waals surface area contributed by atoms with Crippen LogP contribution in [0.5, 0.6) is 0 Å². The molecule has 0 aliphatic carbocycles. The van der Waals surface area contributed by atoms with Gasteiger partial charge in [-0.05, 0) is 53.7 Å². The number of hydrogen-bond acceptors (Lipinski definition) is 3. The van der Waals surface area contributed by atoms with Gasteiger partial charge in [-0.25, -0.2) is 0 Å². The highest BCUT2D eigenvalue weighted by Crippen LogP contribution is 2.30. The van der Waals surface area contributed by atoms with Crippen LogP contribution < -0.4 is 5.73 Å². The van der Waals surface area contributed by atoms with Crippen molar-refractivity contribution < 1.29 is 4.79 Å². The van der Waals surface area contributed by atoms with E-state index in [0.29, 0.717) is 12.5 Å². The molecule has 1 fully saturated rings. The van der Waals surface area contributed by atoms with Crippen molar-refractivity contribution >= 4 is 41.8 Å². The molecular weight excluding hydrogens is 412 g/mol. The highest BCUT2D eigenvalue weighted by molar-refractivity contribution is 7.14. The van der Waals surface area contributed by atoms with Gasteiger partial charge in [-0.1, -0.05) is 60.7 Å². The van der Waals surface area contributed by atoms with E-state index >= 15 is 0 Å². The van der Waals surface area contributed by atoms with Gasteiger partial charge in [-0.2, -0.15) is 0 Å². The average Bonchev–Trinajstić information content (AvgIpc) is 3.27. The fourth-order valence-electron chi connectivity index (χ4n) is 3.85. The Labute approximate surface area is 188 Å². The smallest absolute Gasteiger partial charge is 0.263 e. The van der Waals surface area contributed by atoms with Gasteiger partial charge in [0.2, 0.25) is 0 Å². The summed E-state index contributed by atoms with van der Waals surface area (Å²) >= 11 is 1.56. The molecule has 156 valence electrons. The molecule has 1 aliphatic heterocycles. The van der Waals surface area contributed by atoms with E-state index in [2.05, 4.69) is 48.6 Å². The molecule has 0 unspecified atom stereocenters. The molecule has 1 aliphatic rings. The Morgan fingerprint density at radius 2 is 1.77 bits per heavy atom. The minimum Gasteiger partial charge on any atom is -0.338 e. The van der Waals surface area contributed by atoms with Gasteiger partial charge < -0.3 is 10.6 Å². The van der Waals surface area contributed by atoms with Crippen LogP contribution in [0.15, 0.2) is 66.7 Å². The summed E-state index contributed by atoms with van der Waals surface area (Å²) in [6.07, 6.45) is 6.17. The lowest BCUT2D eigenvalue weighted by molar-refractivity contribution is 0.0718. The van der Waals surface area contributed by atoms with Gasteiger partial charge in [0, 0.05) is 24.5 Å². The van der Waals surface area contributed by atoms with E-state index in [1.807, 2.05) is 35.2 Å². The summed E-state index contributed by atoms with van der Waals surface area (Å²) in [5.41, 5.74) is 9.46. The van der Waals surface area contributed by atoms with Gasteiger partial charge in [0.1, 0.15) is 0 Å². The van der Waals surface area contributed by atoms with E-state index < -0.39 is 0 Å². The summed E-state index contributed by atoms with van der Waals surface area (Å²) in [4.78, 5) is 16.8. The Morgan fingerprint density at radius 1 is 1.00 bits per heavy atom. The molecule has 5 heteroatoms. The number of hydrogen-bond donors (Lipinski definition) is 1. The SMILES string of the molecule is Cl.NCc1cccc(C2CCN(C(=O)c3ccc(C=Cc4ccccc4)s3)CC2)c1. The number of thiophene rings is 1. The first-order valence-corrected chi connectivity index (χ1v) is 11.0. The summed E-state index contributed by atoms with van der Waals surface area (Å²) in [6.45, 7) is 2.19. The number of likely N-dealkylation sites (tertiary alicyclic amines) is 1. The van der Waals surface area contributed by atoms with Gasteiger partial charge in [0.05, 0.1) is 4.88 Å². The number of nitrogens with two attached hydrogens (primary N) is 1. The zero-order valence-electron chi connectivity index (χ0n) is 16.9. The lowest BCUT2D eigenvalue weighted by Gasteiger charge is -2.32. The topological polar surface area (TPSA) is 46.3 Å². The summed E-state index contributed by atoms with van der Waals surface area (Å²) in [5, 5.41) is 0. The fourth-order valence-corrected chi connectivity index (χ4v) is 4.72. The lowest BCUT2D eigenvalue weighted by Crippen LogP contribution is -2.37. The molecule has 0 saturated carbocycles. The third-order valence-electron chi connectivity index (χ3n) is 5.52. The van der Waals surface area contributed by atoms with Crippen molar-refractivity contribution in [3.8, 4) is 0 Å². The molecule has 0 atom stereocenters. The molecule has 0 radical (unpaired) electrons. The molecule has 1 aromatic heterocycles. The van der Waals surface area contributed by atoms with Crippen molar-refractivity contribution in [2.45, 2.75) is 25.3 Å². The maximum absolute atomic E-state index is 12.9. The first kappa shape index (κ1) is 22.3. The zero-order chi connectivity index (χ0) is 20.1. The third kappa shape index (κ3) is 5.39. The summed E-state index contributed by atoms with van der Waals surface area (Å²) in [5.74, 6) is 0.668. The first-order chi connectivity index (χ1) is 14.2. The largest absolute Gasteiger partial charge is 0.338 e. The number of piperidine rings is 1. The molecule has 0 spiro atoms. The Hall–Kier alpha value is -2.40. The minimum atomic E-state index is 0. The molecule has 1 saturated heterocycles. The van der Waals surface area contributed by atoms with E-state index in [4.69, 9.17) is 5.73 Å². The van der Waals surface area contributed by atoms with Crippen molar-refractivity contribution in [1.82, 2.24) is 4.90 Å². The van der Waals surface area contributed by atoms with Crippen LogP contribution in [-0.4, -0.2) is 23.9 Å². The molecule has 4 rings (SSSR count). The minimum absolute atomic E-state index is 0. The second kappa shape index (κ2) is 10.6. The Kier molecular flexibility index (Phi) is 7.86. The Balaban J connectivity index is 0.00000256. The highest BCUT2D eigenvalue weighted by atomic mass is 35.5. The van der Waals surface area contributed by atoms with Gasteiger partial charge in [-0.3, -0.25) is 4.79 Å². The lowest BCUT2D eigenvalue weighted by atomic mass is 9.88. The number of carbonyl (C=O) groups is 1. The van der Waals surface area contributed by atoms with Gasteiger partial charge in [0.25, 0.3) is 5.91 Å². The molecule has 1 amide bonds. The Morgan fingerprint density at radius 3 is 2.50 bits per heavy atom. The maximum atomic E-state index is 12.9. The number of carbonyl (C=O) groups excluding carboxylic acids is 1. The van der Waals surface area contributed by atoms with Crippen LogP contribution in [0.25, 0.3) is 12.2 Å². The molecule has 3 aromatic rings. The molecule has 2 heterocycles. The van der Waals surface area contributed by atoms with Crippen LogP contribution in [0.4, 0.5) is 0 Å². The third-order valence-corrected chi connectivity index (χ3v) is 6.56. The quantitative estimate of drug-likeness (QED) is 0.545. The second-order valence-electron chi connectivity index (χ2n) is 7.46. The average molecular weight is 439 g/mol. The van der Waals surface area contributed by atoms with Crippen LogP contribution in [-0.2, 0) is 6.54 Å². The summed E-state index contributed by atoms with van der Waals surface area (Å²) in [7, 11) is 0. The molecule has 30 heavy (non-hydrogen) atoms. The predicted octanol–water partition coefficient (Wildman–Crippen LogP) is 5.82. The van der Waals surface area contributed by atoms with Gasteiger partial charge in [-0.15, -0.1) is 23.7 Å². The standard InChI is InChI=1S/C25H26N2OS.ClH/c26-18-20-7-4-8-22(17-20)21-13-15-27(16-14-21)25(28)24-12-11-23(29-24)10-9-19-5-2-1-3-6-19;/h1-12,17,21H,13-16,18,26H2;1H. The number of nitrogens with zero attached hydrogens (tertiary/aromatic N) is 1. The van der Waals surface area contributed by atoms with Crippen molar-refractivity contribution in [3.05, 3.63) is 93.2 Å². The van der Waals surface area contributed by atoms with Crippen LogP contribution in [0.1, 0.15) is 50.0 Å². The fraction of sp³-hybridized carbons (Fsp3) is 0.240. The van der Waals surface area contributed by atoms with Crippen molar-refractivity contribution in [1.29, 1.82) is 0 Å². The zero-order valence-corrected chi connectivity index (χ0v) is 18.5. The monoisotopic (exact) mass is 438 g/mol. The van der Waals surface area contributed by atoms with Crippen molar-refractivity contribution in [2.75, 3.05) is 13.1 Å². The number of amides is 1. The van der Waals surface area contributed by atoms with E-state index in [1.165, 1.54) is 11.1 Å². The number of halogens is 1. The van der Waals surface area contributed by atoms with E-state index in [1.54, 1.807) is 11.3 Å². The maximum Gasteiger partial charge on any atom is 0.263 e. The molecule has 0 bridgehead atoms. The summed E-state index contributed by atoms with van der Waals surface area (Å²) < 4.78 is 0. The molecular formula is C25H27ClN2OS. The van der Waals surface area contributed by atoms with Gasteiger partial charge in [0.15, 0.2) is 0 Å². The number of benzene rings is 2. The van der Waals surface area contributed by atoms with Crippen LogP contribution >= 0.6 is 23.7 Å². The van der Waals surface area contributed by atoms with Crippen LogP contribution in [0, 0.1) is 0 Å².